The van der Waals surface area contributed by atoms with Gasteiger partial charge in [0.25, 0.3) is 11.5 Å². The number of amides is 1. The van der Waals surface area contributed by atoms with E-state index < -0.39 is 11.9 Å². The molecule has 3 aromatic rings. The monoisotopic (exact) mass is 391 g/mol. The average Bonchev–Trinajstić information content (AvgIpc) is 2.72. The van der Waals surface area contributed by atoms with Gasteiger partial charge in [-0.05, 0) is 49.7 Å². The van der Waals surface area contributed by atoms with Gasteiger partial charge in [0.05, 0.1) is 18.7 Å². The quantitative estimate of drug-likeness (QED) is 0.653. The highest BCUT2D eigenvalue weighted by Crippen LogP contribution is 2.12. The molecule has 1 aromatic heterocycles. The Hall–Kier alpha value is -3.74. The van der Waals surface area contributed by atoms with E-state index in [1.807, 2.05) is 31.2 Å². The van der Waals surface area contributed by atoms with Gasteiger partial charge < -0.3 is 10.1 Å². The van der Waals surface area contributed by atoms with Gasteiger partial charge >= 0.3 is 5.97 Å². The zero-order valence-electron chi connectivity index (χ0n) is 16.2. The molecule has 0 bridgehead atoms. The van der Waals surface area contributed by atoms with E-state index in [-0.39, 0.29) is 17.8 Å². The lowest BCUT2D eigenvalue weighted by Gasteiger charge is -2.09. The van der Waals surface area contributed by atoms with Crippen LogP contribution in [0, 0.1) is 6.92 Å². The van der Waals surface area contributed by atoms with E-state index in [0.717, 1.165) is 11.1 Å². The summed E-state index contributed by atoms with van der Waals surface area (Å²) in [5.41, 5.74) is 2.76. The molecule has 0 fully saturated rings. The number of hydrogen-bond acceptors (Lipinski definition) is 5. The predicted octanol–water partition coefficient (Wildman–Crippen LogP) is 3.03. The van der Waals surface area contributed by atoms with Crippen molar-refractivity contribution in [3.8, 4) is 0 Å². The number of esters is 1. The number of aryl methyl sites for hydroxylation is 1. The van der Waals surface area contributed by atoms with Crippen molar-refractivity contribution in [3.63, 3.8) is 0 Å². The third-order valence-corrected chi connectivity index (χ3v) is 4.21. The summed E-state index contributed by atoms with van der Waals surface area (Å²) in [5, 5.41) is 6.88. The van der Waals surface area contributed by atoms with Crippen LogP contribution < -0.4 is 10.9 Å². The number of nitrogens with one attached hydrogen (secondary N) is 1. The van der Waals surface area contributed by atoms with E-state index >= 15 is 0 Å². The molecule has 0 spiro atoms. The minimum absolute atomic E-state index is 0.117. The van der Waals surface area contributed by atoms with Crippen LogP contribution in [0.25, 0.3) is 0 Å². The first-order valence-corrected chi connectivity index (χ1v) is 9.18. The fourth-order valence-electron chi connectivity index (χ4n) is 2.65. The SMILES string of the molecule is CCOC(=O)c1ccc(NC(=O)c2ccc(=O)n(Cc3ccc(C)cc3)n2)cc1. The highest BCUT2D eigenvalue weighted by Gasteiger charge is 2.12. The van der Waals surface area contributed by atoms with Gasteiger partial charge in [-0.1, -0.05) is 29.8 Å². The minimum atomic E-state index is -0.452. The Balaban J connectivity index is 1.73. The number of rotatable bonds is 6. The summed E-state index contributed by atoms with van der Waals surface area (Å²) in [6, 6.07) is 16.8. The second-order valence-electron chi connectivity index (χ2n) is 6.45. The molecule has 7 heteroatoms. The third kappa shape index (κ3) is 5.16. The topological polar surface area (TPSA) is 90.3 Å². The van der Waals surface area contributed by atoms with Crippen LogP contribution in [0.4, 0.5) is 5.69 Å². The molecule has 0 radical (unpaired) electrons. The molecule has 1 heterocycles. The number of ether oxygens (including phenoxy) is 1. The summed E-state index contributed by atoms with van der Waals surface area (Å²) in [4.78, 5) is 36.3. The molecule has 148 valence electrons. The van der Waals surface area contributed by atoms with Crippen LogP contribution in [0.3, 0.4) is 0 Å². The summed E-state index contributed by atoms with van der Waals surface area (Å²) in [5.74, 6) is -0.873. The number of carbonyl (C=O) groups is 2. The molecule has 0 aliphatic rings. The van der Waals surface area contributed by atoms with Crippen LogP contribution in [-0.4, -0.2) is 28.3 Å². The molecule has 3 rings (SSSR count). The van der Waals surface area contributed by atoms with Gasteiger partial charge in [0, 0.05) is 11.8 Å². The van der Waals surface area contributed by atoms with Gasteiger partial charge in [0.15, 0.2) is 0 Å². The Morgan fingerprint density at radius 2 is 1.69 bits per heavy atom. The summed E-state index contributed by atoms with van der Waals surface area (Å²) >= 11 is 0. The fraction of sp³-hybridized carbons (Fsp3) is 0.182. The molecule has 0 atom stereocenters. The number of carbonyl (C=O) groups excluding carboxylic acids is 2. The van der Waals surface area contributed by atoms with E-state index in [1.165, 1.54) is 16.8 Å². The maximum atomic E-state index is 12.5. The molecule has 0 unspecified atom stereocenters. The smallest absolute Gasteiger partial charge is 0.338 e. The fourth-order valence-corrected chi connectivity index (χ4v) is 2.65. The normalized spacial score (nSPS) is 10.4. The second kappa shape index (κ2) is 8.97. The van der Waals surface area contributed by atoms with Crippen LogP contribution in [-0.2, 0) is 11.3 Å². The lowest BCUT2D eigenvalue weighted by Crippen LogP contribution is -2.26. The van der Waals surface area contributed by atoms with Crippen LogP contribution in [0.5, 0.6) is 0 Å². The third-order valence-electron chi connectivity index (χ3n) is 4.21. The van der Waals surface area contributed by atoms with E-state index in [9.17, 15) is 14.4 Å². The largest absolute Gasteiger partial charge is 0.462 e. The van der Waals surface area contributed by atoms with Crippen molar-refractivity contribution in [2.24, 2.45) is 0 Å². The Bertz CT molecular complexity index is 1070. The summed E-state index contributed by atoms with van der Waals surface area (Å²) in [6.45, 7) is 4.28. The highest BCUT2D eigenvalue weighted by atomic mass is 16.5. The minimum Gasteiger partial charge on any atom is -0.462 e. The second-order valence-corrected chi connectivity index (χ2v) is 6.45. The maximum Gasteiger partial charge on any atom is 0.338 e. The van der Waals surface area contributed by atoms with Crippen molar-refractivity contribution in [1.29, 1.82) is 0 Å². The first-order valence-electron chi connectivity index (χ1n) is 9.18. The lowest BCUT2D eigenvalue weighted by molar-refractivity contribution is 0.0526. The van der Waals surface area contributed by atoms with Crippen LogP contribution in [0.15, 0.2) is 65.5 Å². The van der Waals surface area contributed by atoms with Crippen LogP contribution in [0.1, 0.15) is 38.9 Å². The zero-order chi connectivity index (χ0) is 20.8. The number of aromatic nitrogens is 2. The number of anilines is 1. The van der Waals surface area contributed by atoms with Gasteiger partial charge in [-0.3, -0.25) is 9.59 Å². The Labute approximate surface area is 168 Å². The Morgan fingerprint density at radius 3 is 2.34 bits per heavy atom. The first kappa shape index (κ1) is 20.0. The van der Waals surface area contributed by atoms with Crippen molar-refractivity contribution in [2.75, 3.05) is 11.9 Å². The van der Waals surface area contributed by atoms with E-state index in [2.05, 4.69) is 10.4 Å². The van der Waals surface area contributed by atoms with Gasteiger partial charge in [-0.2, -0.15) is 5.10 Å². The van der Waals surface area contributed by atoms with E-state index in [0.29, 0.717) is 17.9 Å². The Kier molecular flexibility index (Phi) is 6.19. The molecule has 7 nitrogen and oxygen atoms in total. The average molecular weight is 391 g/mol. The molecular formula is C22H21N3O4. The number of hydrogen-bond donors (Lipinski definition) is 1. The van der Waals surface area contributed by atoms with Crippen molar-refractivity contribution in [1.82, 2.24) is 9.78 Å². The summed E-state index contributed by atoms with van der Waals surface area (Å²) in [7, 11) is 0. The van der Waals surface area contributed by atoms with E-state index in [4.69, 9.17) is 4.74 Å². The zero-order valence-corrected chi connectivity index (χ0v) is 16.2. The molecule has 1 N–H and O–H groups in total. The number of nitrogens with zero attached hydrogens (tertiary/aromatic N) is 2. The summed E-state index contributed by atoms with van der Waals surface area (Å²) in [6.07, 6.45) is 0. The molecule has 0 saturated heterocycles. The van der Waals surface area contributed by atoms with Crippen molar-refractivity contribution in [3.05, 3.63) is 93.4 Å². The van der Waals surface area contributed by atoms with E-state index in [1.54, 1.807) is 31.2 Å². The van der Waals surface area contributed by atoms with Crippen molar-refractivity contribution >= 4 is 17.6 Å². The number of benzene rings is 2. The first-order chi connectivity index (χ1) is 14.0. The summed E-state index contributed by atoms with van der Waals surface area (Å²) < 4.78 is 6.18. The van der Waals surface area contributed by atoms with Crippen LogP contribution in [0.2, 0.25) is 0 Å². The highest BCUT2D eigenvalue weighted by molar-refractivity contribution is 6.03. The molecule has 0 aliphatic heterocycles. The van der Waals surface area contributed by atoms with Crippen LogP contribution >= 0.6 is 0 Å². The molecule has 2 aromatic carbocycles. The Morgan fingerprint density at radius 1 is 1.00 bits per heavy atom. The van der Waals surface area contributed by atoms with Gasteiger partial charge in [-0.25, -0.2) is 9.48 Å². The molecule has 0 saturated carbocycles. The van der Waals surface area contributed by atoms with Crippen molar-refractivity contribution in [2.45, 2.75) is 20.4 Å². The lowest BCUT2D eigenvalue weighted by atomic mass is 10.1. The van der Waals surface area contributed by atoms with Crippen molar-refractivity contribution < 1.29 is 14.3 Å². The molecule has 29 heavy (non-hydrogen) atoms. The van der Waals surface area contributed by atoms with Gasteiger partial charge in [0.1, 0.15) is 5.69 Å². The maximum absolute atomic E-state index is 12.5. The predicted molar refractivity (Wildman–Crippen MR) is 109 cm³/mol. The van der Waals surface area contributed by atoms with Gasteiger partial charge in [0.2, 0.25) is 0 Å². The molecule has 0 aliphatic carbocycles. The van der Waals surface area contributed by atoms with Gasteiger partial charge in [-0.15, -0.1) is 0 Å². The standard InChI is InChI=1S/C22H21N3O4/c1-3-29-22(28)17-8-10-18(11-9-17)23-21(27)19-12-13-20(26)25(24-19)14-16-6-4-15(2)5-7-16/h4-13H,3,14H2,1-2H3,(H,23,27). The molecular weight excluding hydrogens is 370 g/mol. The molecule has 1 amide bonds.